The van der Waals surface area contributed by atoms with Gasteiger partial charge in [-0.25, -0.2) is 4.68 Å². The maximum Gasteiger partial charge on any atom is 0.153 e. The summed E-state index contributed by atoms with van der Waals surface area (Å²) in [6.07, 6.45) is 6.99. The third-order valence-electron chi connectivity index (χ3n) is 3.66. The summed E-state index contributed by atoms with van der Waals surface area (Å²) >= 11 is 5.62. The second-order valence-corrected chi connectivity index (χ2v) is 7.18. The topological polar surface area (TPSA) is 42.7 Å². The lowest BCUT2D eigenvalue weighted by atomic mass is 10.0. The molecule has 2 rings (SSSR count). The van der Waals surface area contributed by atoms with Crippen LogP contribution in [0, 0.1) is 0 Å². The van der Waals surface area contributed by atoms with Crippen LogP contribution in [0.5, 0.6) is 0 Å². The summed E-state index contributed by atoms with van der Waals surface area (Å²) in [4.78, 5) is 0. The van der Waals surface area contributed by atoms with E-state index in [1.807, 2.05) is 11.7 Å². The van der Waals surface area contributed by atoms with Crippen LogP contribution in [0.1, 0.15) is 50.8 Å². The Labute approximate surface area is 128 Å². The summed E-state index contributed by atoms with van der Waals surface area (Å²) in [5.74, 6) is 1.10. The van der Waals surface area contributed by atoms with Crippen molar-refractivity contribution >= 4 is 27.7 Å². The maximum absolute atomic E-state index is 4.09. The molecule has 1 aromatic heterocycles. The molecule has 0 aromatic carbocycles. The molecule has 1 heterocycles. The lowest BCUT2D eigenvalue weighted by Crippen LogP contribution is -2.26. The summed E-state index contributed by atoms with van der Waals surface area (Å²) in [7, 11) is 1.96. The van der Waals surface area contributed by atoms with Crippen LogP contribution in [0.15, 0.2) is 4.60 Å². The zero-order valence-electron chi connectivity index (χ0n) is 11.7. The van der Waals surface area contributed by atoms with Gasteiger partial charge in [-0.2, -0.15) is 11.8 Å². The highest BCUT2D eigenvalue weighted by atomic mass is 79.9. The Hall–Kier alpha value is -0.0700. The first kappa shape index (κ1) is 15.3. The third-order valence-corrected chi connectivity index (χ3v) is 5.69. The van der Waals surface area contributed by atoms with Gasteiger partial charge >= 0.3 is 0 Å². The molecule has 1 atom stereocenters. The van der Waals surface area contributed by atoms with Crippen molar-refractivity contribution in [2.75, 3.05) is 12.3 Å². The molecule has 108 valence electrons. The number of nitrogens with one attached hydrogen (secondary N) is 1. The standard InChI is InChI=1S/C13H23BrN4S/c1-3-15-11(12-13(14)16-17-18(12)2)9-19-10-7-5-4-6-8-10/h10-11,15H,3-9H2,1-2H3. The van der Waals surface area contributed by atoms with Crippen LogP contribution in [0.4, 0.5) is 0 Å². The summed E-state index contributed by atoms with van der Waals surface area (Å²) in [6, 6.07) is 0.325. The zero-order chi connectivity index (χ0) is 13.7. The number of halogens is 1. The third kappa shape index (κ3) is 4.20. The molecular weight excluding hydrogens is 324 g/mol. The van der Waals surface area contributed by atoms with Crippen molar-refractivity contribution in [1.82, 2.24) is 20.3 Å². The van der Waals surface area contributed by atoms with Gasteiger partial charge in [-0.3, -0.25) is 0 Å². The summed E-state index contributed by atoms with van der Waals surface area (Å²) in [5.41, 5.74) is 1.16. The molecule has 19 heavy (non-hydrogen) atoms. The fourth-order valence-corrected chi connectivity index (χ4v) is 4.66. The first-order valence-corrected chi connectivity index (χ1v) is 8.96. The Kier molecular flexibility index (Phi) is 6.16. The smallest absolute Gasteiger partial charge is 0.153 e. The van der Waals surface area contributed by atoms with Crippen molar-refractivity contribution < 1.29 is 0 Å². The fourth-order valence-electron chi connectivity index (χ4n) is 2.65. The number of nitrogens with zero attached hydrogens (tertiary/aromatic N) is 3. The van der Waals surface area contributed by atoms with Crippen molar-refractivity contribution in [3.8, 4) is 0 Å². The molecule has 1 unspecified atom stereocenters. The molecule has 0 amide bonds. The minimum Gasteiger partial charge on any atom is -0.308 e. The minimum absolute atomic E-state index is 0.325. The first-order chi connectivity index (χ1) is 9.22. The molecule has 1 fully saturated rings. The SMILES string of the molecule is CCNC(CSC1CCCCC1)c1c(Br)nnn1C. The van der Waals surface area contributed by atoms with Crippen LogP contribution in [0.25, 0.3) is 0 Å². The van der Waals surface area contributed by atoms with Gasteiger partial charge in [-0.15, -0.1) is 5.10 Å². The average Bonchev–Trinajstić information content (AvgIpc) is 2.76. The number of hydrogen-bond acceptors (Lipinski definition) is 4. The van der Waals surface area contributed by atoms with E-state index in [0.717, 1.165) is 27.8 Å². The highest BCUT2D eigenvalue weighted by Crippen LogP contribution is 2.32. The molecule has 0 saturated heterocycles. The Morgan fingerprint density at radius 2 is 2.16 bits per heavy atom. The molecule has 0 radical (unpaired) electrons. The monoisotopic (exact) mass is 346 g/mol. The quantitative estimate of drug-likeness (QED) is 0.858. The number of hydrogen-bond donors (Lipinski definition) is 1. The van der Waals surface area contributed by atoms with Crippen molar-refractivity contribution in [1.29, 1.82) is 0 Å². The molecule has 0 aliphatic heterocycles. The molecule has 0 bridgehead atoms. The van der Waals surface area contributed by atoms with Crippen molar-refractivity contribution in [3.63, 3.8) is 0 Å². The van der Waals surface area contributed by atoms with Gasteiger partial charge in [0.2, 0.25) is 0 Å². The van der Waals surface area contributed by atoms with Gasteiger partial charge in [-0.05, 0) is 35.3 Å². The van der Waals surface area contributed by atoms with Crippen LogP contribution in [-0.4, -0.2) is 32.5 Å². The molecule has 1 aliphatic rings. The number of thioether (sulfide) groups is 1. The van der Waals surface area contributed by atoms with E-state index in [1.165, 1.54) is 32.1 Å². The van der Waals surface area contributed by atoms with Crippen LogP contribution in [0.3, 0.4) is 0 Å². The zero-order valence-corrected chi connectivity index (χ0v) is 14.1. The lowest BCUT2D eigenvalue weighted by Gasteiger charge is -2.24. The molecule has 1 N–H and O–H groups in total. The van der Waals surface area contributed by atoms with Gasteiger partial charge in [0, 0.05) is 18.1 Å². The van der Waals surface area contributed by atoms with Crippen LogP contribution < -0.4 is 5.32 Å². The molecule has 6 heteroatoms. The molecule has 1 saturated carbocycles. The van der Waals surface area contributed by atoms with E-state index in [9.17, 15) is 0 Å². The summed E-state index contributed by atoms with van der Waals surface area (Å²) in [6.45, 7) is 3.11. The summed E-state index contributed by atoms with van der Waals surface area (Å²) in [5, 5.41) is 12.6. The van der Waals surface area contributed by atoms with Gasteiger partial charge in [-0.1, -0.05) is 31.4 Å². The highest BCUT2D eigenvalue weighted by molar-refractivity contribution is 9.10. The maximum atomic E-state index is 4.09. The number of aryl methyl sites for hydroxylation is 1. The van der Waals surface area contributed by atoms with E-state index in [4.69, 9.17) is 0 Å². The first-order valence-electron chi connectivity index (χ1n) is 7.12. The van der Waals surface area contributed by atoms with E-state index < -0.39 is 0 Å². The van der Waals surface area contributed by atoms with Crippen molar-refractivity contribution in [2.24, 2.45) is 7.05 Å². The Balaban J connectivity index is 1.96. The van der Waals surface area contributed by atoms with E-state index in [1.54, 1.807) is 0 Å². The van der Waals surface area contributed by atoms with E-state index >= 15 is 0 Å². The largest absolute Gasteiger partial charge is 0.308 e. The highest BCUT2D eigenvalue weighted by Gasteiger charge is 2.22. The Morgan fingerprint density at radius 1 is 1.42 bits per heavy atom. The normalized spacial score (nSPS) is 18.7. The molecule has 1 aliphatic carbocycles. The van der Waals surface area contributed by atoms with Gasteiger partial charge in [0.25, 0.3) is 0 Å². The van der Waals surface area contributed by atoms with E-state index in [-0.39, 0.29) is 0 Å². The molecular formula is C13H23BrN4S. The van der Waals surface area contributed by atoms with Crippen LogP contribution >= 0.6 is 27.7 Å². The summed E-state index contributed by atoms with van der Waals surface area (Å²) < 4.78 is 2.74. The van der Waals surface area contributed by atoms with Crippen LogP contribution in [-0.2, 0) is 7.05 Å². The second kappa shape index (κ2) is 7.64. The van der Waals surface area contributed by atoms with Crippen molar-refractivity contribution in [2.45, 2.75) is 50.3 Å². The predicted molar refractivity (Wildman–Crippen MR) is 84.5 cm³/mol. The lowest BCUT2D eigenvalue weighted by molar-refractivity contribution is 0.511. The minimum atomic E-state index is 0.325. The van der Waals surface area contributed by atoms with Crippen LogP contribution in [0.2, 0.25) is 0 Å². The molecule has 0 spiro atoms. The fraction of sp³-hybridized carbons (Fsp3) is 0.846. The number of aromatic nitrogens is 3. The Morgan fingerprint density at radius 3 is 2.74 bits per heavy atom. The second-order valence-electron chi connectivity index (χ2n) is 5.09. The van der Waals surface area contributed by atoms with E-state index in [0.29, 0.717) is 6.04 Å². The van der Waals surface area contributed by atoms with Gasteiger partial charge in [0.1, 0.15) is 0 Å². The van der Waals surface area contributed by atoms with Gasteiger partial charge < -0.3 is 5.32 Å². The van der Waals surface area contributed by atoms with Crippen molar-refractivity contribution in [3.05, 3.63) is 10.3 Å². The van der Waals surface area contributed by atoms with Gasteiger partial charge in [0.05, 0.1) is 11.7 Å². The Bertz CT molecular complexity index is 370. The van der Waals surface area contributed by atoms with E-state index in [2.05, 4.69) is 50.2 Å². The average molecular weight is 347 g/mol. The predicted octanol–water partition coefficient (Wildman–Crippen LogP) is 3.29. The van der Waals surface area contributed by atoms with Gasteiger partial charge in [0.15, 0.2) is 4.60 Å². The molecule has 4 nitrogen and oxygen atoms in total. The molecule has 1 aromatic rings. The number of rotatable bonds is 6.